The minimum absolute atomic E-state index is 0.102. The minimum Gasteiger partial charge on any atom is -0.376 e. The van der Waals surface area contributed by atoms with Crippen LogP contribution in [0.2, 0.25) is 0 Å². The van der Waals surface area contributed by atoms with Crippen LogP contribution in [0, 0.1) is 5.82 Å². The van der Waals surface area contributed by atoms with Gasteiger partial charge in [-0.3, -0.25) is 14.7 Å². The lowest BCUT2D eigenvalue weighted by Crippen LogP contribution is -2.43. The molecule has 1 aromatic carbocycles. The van der Waals surface area contributed by atoms with Gasteiger partial charge in [-0.15, -0.1) is 0 Å². The largest absolute Gasteiger partial charge is 0.376 e. The molecule has 1 aliphatic carbocycles. The first-order chi connectivity index (χ1) is 16.7. The molecule has 186 valence electrons. The Labute approximate surface area is 203 Å². The fraction of sp³-hybridized carbons (Fsp3) is 0.500. The molecule has 2 aliphatic rings. The second-order valence-electron chi connectivity index (χ2n) is 10.0. The van der Waals surface area contributed by atoms with Gasteiger partial charge in [-0.25, -0.2) is 4.39 Å². The minimum atomic E-state index is -0.323. The topological polar surface area (TPSA) is 94.3 Å². The number of carbonyl (C=O) groups is 2. The van der Waals surface area contributed by atoms with Crippen LogP contribution in [0.25, 0.3) is 10.9 Å². The average Bonchev–Trinajstić information content (AvgIpc) is 3.33. The monoisotopic (exact) mass is 481 g/mol. The lowest BCUT2D eigenvalue weighted by Gasteiger charge is -2.30. The first-order valence-corrected chi connectivity index (χ1v) is 12.3. The number of hydrogen-bond donors (Lipinski definition) is 2. The molecule has 0 saturated heterocycles. The molecule has 3 aromatic rings. The van der Waals surface area contributed by atoms with Crippen molar-refractivity contribution >= 4 is 22.7 Å². The van der Waals surface area contributed by atoms with Gasteiger partial charge in [0.2, 0.25) is 0 Å². The summed E-state index contributed by atoms with van der Waals surface area (Å²) in [6.07, 6.45) is 3.15. The number of aryl methyl sites for hydroxylation is 1. The third-order valence-corrected chi connectivity index (χ3v) is 7.35. The van der Waals surface area contributed by atoms with Crippen LogP contribution in [-0.2, 0) is 24.1 Å². The molecule has 0 bridgehead atoms. The van der Waals surface area contributed by atoms with Crippen LogP contribution in [0.4, 0.5) is 4.39 Å². The van der Waals surface area contributed by atoms with E-state index in [-0.39, 0.29) is 29.3 Å². The molecule has 1 aliphatic heterocycles. The summed E-state index contributed by atoms with van der Waals surface area (Å²) in [4.78, 5) is 33.4. The number of aromatic nitrogens is 3. The molecule has 2 N–H and O–H groups in total. The second kappa shape index (κ2) is 8.78. The number of nitrogens with zero attached hydrogens (tertiary/aromatic N) is 3. The maximum Gasteiger partial charge on any atom is 0.272 e. The number of nitrogens with one attached hydrogen (secondary N) is 2. The van der Waals surface area contributed by atoms with Crippen LogP contribution < -0.4 is 0 Å². The van der Waals surface area contributed by atoms with Crippen molar-refractivity contribution in [1.82, 2.24) is 25.0 Å². The number of halogens is 1. The van der Waals surface area contributed by atoms with E-state index in [0.717, 1.165) is 35.0 Å². The third-order valence-electron chi connectivity index (χ3n) is 7.35. The van der Waals surface area contributed by atoms with E-state index in [1.54, 1.807) is 15.9 Å². The number of likely N-dealkylation sites (N-methyl/N-ethyl adjacent to an activating group) is 1. The molecule has 2 aromatic heterocycles. The predicted molar refractivity (Wildman–Crippen MR) is 130 cm³/mol. The lowest BCUT2D eigenvalue weighted by molar-refractivity contribution is 0.0200. The van der Waals surface area contributed by atoms with Gasteiger partial charge in [-0.1, -0.05) is 6.92 Å². The van der Waals surface area contributed by atoms with Crippen molar-refractivity contribution in [2.24, 2.45) is 0 Å². The van der Waals surface area contributed by atoms with Crippen LogP contribution in [0.15, 0.2) is 18.2 Å². The molecule has 1 saturated carbocycles. The highest BCUT2D eigenvalue weighted by molar-refractivity contribution is 5.99. The number of H-pyrrole nitrogens is 2. The summed E-state index contributed by atoms with van der Waals surface area (Å²) < 4.78 is 19.8. The van der Waals surface area contributed by atoms with Crippen molar-refractivity contribution in [2.75, 3.05) is 20.2 Å². The summed E-state index contributed by atoms with van der Waals surface area (Å²) >= 11 is 0. The summed E-state index contributed by atoms with van der Waals surface area (Å²) in [6.45, 7) is 7.23. The Morgan fingerprint density at radius 3 is 2.74 bits per heavy atom. The van der Waals surface area contributed by atoms with Crippen molar-refractivity contribution in [3.05, 3.63) is 52.2 Å². The Bertz CT molecular complexity index is 1290. The molecule has 5 rings (SSSR count). The fourth-order valence-electron chi connectivity index (χ4n) is 4.92. The molecule has 35 heavy (non-hydrogen) atoms. The van der Waals surface area contributed by atoms with Crippen LogP contribution in [0.1, 0.15) is 71.4 Å². The van der Waals surface area contributed by atoms with Gasteiger partial charge in [0.15, 0.2) is 0 Å². The quantitative estimate of drug-likeness (QED) is 0.536. The van der Waals surface area contributed by atoms with Crippen molar-refractivity contribution in [1.29, 1.82) is 0 Å². The number of amides is 2. The highest BCUT2D eigenvalue weighted by Crippen LogP contribution is 2.42. The summed E-state index contributed by atoms with van der Waals surface area (Å²) in [7, 11) is 1.81. The molecule has 0 spiro atoms. The van der Waals surface area contributed by atoms with E-state index in [1.165, 1.54) is 12.1 Å². The summed E-state index contributed by atoms with van der Waals surface area (Å²) in [5, 5.41) is 8.17. The van der Waals surface area contributed by atoms with E-state index >= 15 is 0 Å². The number of benzene rings is 1. The van der Waals surface area contributed by atoms with E-state index in [9.17, 15) is 14.0 Å². The second-order valence-corrected chi connectivity index (χ2v) is 10.0. The van der Waals surface area contributed by atoms with Gasteiger partial charge in [0.1, 0.15) is 17.2 Å². The van der Waals surface area contributed by atoms with Gasteiger partial charge in [-0.05, 0) is 56.9 Å². The molecule has 0 radical (unpaired) electrons. The fourth-order valence-corrected chi connectivity index (χ4v) is 4.92. The van der Waals surface area contributed by atoms with E-state index in [1.807, 2.05) is 27.8 Å². The summed E-state index contributed by atoms with van der Waals surface area (Å²) in [6, 6.07) is 4.72. The highest BCUT2D eigenvalue weighted by Gasteiger charge is 2.49. The van der Waals surface area contributed by atoms with Crippen LogP contribution in [0.5, 0.6) is 0 Å². The van der Waals surface area contributed by atoms with Gasteiger partial charge in [0.05, 0.1) is 30.5 Å². The van der Waals surface area contributed by atoms with Crippen molar-refractivity contribution in [3.8, 4) is 0 Å². The van der Waals surface area contributed by atoms with Gasteiger partial charge < -0.3 is 19.5 Å². The van der Waals surface area contributed by atoms with E-state index in [4.69, 9.17) is 4.74 Å². The zero-order chi connectivity index (χ0) is 24.9. The number of rotatable bonds is 7. The average molecular weight is 482 g/mol. The highest BCUT2D eigenvalue weighted by atomic mass is 19.1. The summed E-state index contributed by atoms with van der Waals surface area (Å²) in [5.74, 6) is -0.631. The zero-order valence-electron chi connectivity index (χ0n) is 20.7. The number of carbonyl (C=O) groups excluding carboxylic acids is 2. The van der Waals surface area contributed by atoms with Crippen LogP contribution >= 0.6 is 0 Å². The Morgan fingerprint density at radius 1 is 1.29 bits per heavy atom. The van der Waals surface area contributed by atoms with Crippen molar-refractivity contribution < 1.29 is 18.7 Å². The number of hydrogen-bond acceptors (Lipinski definition) is 4. The van der Waals surface area contributed by atoms with Gasteiger partial charge in [0, 0.05) is 36.5 Å². The number of fused-ring (bicyclic) bond motifs is 2. The van der Waals surface area contributed by atoms with E-state index in [2.05, 4.69) is 15.2 Å². The SMILES string of the molecule is CCc1cc(F)cc2[nH]c(C(=O)N3CCc4n[nH]c(C(=O)N(C)C5(COC(C)C)CC5)c4C3)cc12. The first kappa shape index (κ1) is 23.5. The van der Waals surface area contributed by atoms with Gasteiger partial charge in [0.25, 0.3) is 11.8 Å². The Kier molecular flexibility index (Phi) is 5.91. The molecular weight excluding hydrogens is 449 g/mol. The Hall–Kier alpha value is -3.20. The molecule has 3 heterocycles. The lowest BCUT2D eigenvalue weighted by atomic mass is 10.0. The molecule has 1 fully saturated rings. The molecule has 0 unspecified atom stereocenters. The van der Waals surface area contributed by atoms with Crippen LogP contribution in [0.3, 0.4) is 0 Å². The van der Waals surface area contributed by atoms with Crippen molar-refractivity contribution in [2.45, 2.75) is 64.6 Å². The predicted octanol–water partition coefficient (Wildman–Crippen LogP) is 3.82. The van der Waals surface area contributed by atoms with E-state index < -0.39 is 0 Å². The molecule has 9 heteroatoms. The van der Waals surface area contributed by atoms with E-state index in [0.29, 0.717) is 49.4 Å². The zero-order valence-corrected chi connectivity index (χ0v) is 20.7. The first-order valence-electron chi connectivity index (χ1n) is 12.3. The Balaban J connectivity index is 1.36. The molecular formula is C26H32FN5O3. The molecule has 0 atom stereocenters. The smallest absolute Gasteiger partial charge is 0.272 e. The normalized spacial score (nSPS) is 16.6. The van der Waals surface area contributed by atoms with Gasteiger partial charge >= 0.3 is 0 Å². The van der Waals surface area contributed by atoms with Crippen LogP contribution in [-0.4, -0.2) is 68.6 Å². The summed E-state index contributed by atoms with van der Waals surface area (Å²) in [5.41, 5.74) is 3.63. The molecule has 2 amide bonds. The maximum atomic E-state index is 14.0. The molecule has 8 nitrogen and oxygen atoms in total. The standard InChI is InChI=1S/C26H32FN5O3/c1-5-16-10-17(27)11-21-18(16)12-22(28-21)24(33)32-9-6-20-19(13-32)23(30-29-20)25(34)31(4)26(7-8-26)14-35-15(2)3/h10-12,15,28H,5-9,13-14H2,1-4H3,(H,29,30). The Morgan fingerprint density at radius 2 is 2.06 bits per heavy atom. The number of ether oxygens (including phenoxy) is 1. The number of aromatic amines is 2. The maximum absolute atomic E-state index is 14.0. The van der Waals surface area contributed by atoms with Crippen molar-refractivity contribution in [3.63, 3.8) is 0 Å². The van der Waals surface area contributed by atoms with Gasteiger partial charge in [-0.2, -0.15) is 5.10 Å². The third kappa shape index (κ3) is 4.22.